The predicted octanol–water partition coefficient (Wildman–Crippen LogP) is 4.78. The highest BCUT2D eigenvalue weighted by atomic mass is 32.1. The zero-order valence-electron chi connectivity index (χ0n) is 16.8. The van der Waals surface area contributed by atoms with Crippen molar-refractivity contribution in [2.24, 2.45) is 5.73 Å². The number of hydrogen-bond donors (Lipinski definition) is 1. The second-order valence-corrected chi connectivity index (χ2v) is 7.85. The molecule has 2 N–H and O–H groups in total. The third-order valence-corrected chi connectivity index (χ3v) is 4.31. The van der Waals surface area contributed by atoms with Crippen molar-refractivity contribution in [3.63, 3.8) is 0 Å². The number of thiocarbonyl (C=S) groups is 1. The average Bonchev–Trinajstić information content (AvgIpc) is 2.60. The van der Waals surface area contributed by atoms with Crippen LogP contribution in [0.2, 0.25) is 0 Å². The minimum atomic E-state index is 0.0147. The molecule has 0 amide bonds. The molecule has 0 aliphatic heterocycles. The molecule has 2 aromatic rings. The lowest BCUT2D eigenvalue weighted by Crippen LogP contribution is -2.16. The molecule has 27 heavy (non-hydrogen) atoms. The van der Waals surface area contributed by atoms with Gasteiger partial charge in [-0.3, -0.25) is 0 Å². The summed E-state index contributed by atoms with van der Waals surface area (Å²) in [5.41, 5.74) is 8.88. The van der Waals surface area contributed by atoms with Crippen LogP contribution in [0.5, 0.6) is 17.2 Å². The Morgan fingerprint density at radius 2 is 1.56 bits per heavy atom. The van der Waals surface area contributed by atoms with Crippen LogP contribution in [0.15, 0.2) is 36.4 Å². The van der Waals surface area contributed by atoms with Gasteiger partial charge < -0.3 is 19.9 Å². The van der Waals surface area contributed by atoms with E-state index in [0.717, 1.165) is 11.3 Å². The van der Waals surface area contributed by atoms with Gasteiger partial charge in [-0.05, 0) is 49.1 Å². The molecular weight excluding hydrogens is 358 g/mol. The monoisotopic (exact) mass is 387 g/mol. The molecule has 146 valence electrons. The van der Waals surface area contributed by atoms with E-state index in [-0.39, 0.29) is 5.41 Å². The van der Waals surface area contributed by atoms with E-state index in [4.69, 9.17) is 32.2 Å². The lowest BCUT2D eigenvalue weighted by Gasteiger charge is -2.23. The van der Waals surface area contributed by atoms with Crippen LogP contribution in [0.4, 0.5) is 0 Å². The molecule has 2 rings (SSSR count). The normalized spacial score (nSPS) is 11.1. The zero-order chi connectivity index (χ0) is 20.0. The lowest BCUT2D eigenvalue weighted by molar-refractivity contribution is 0.206. The Kier molecular flexibility index (Phi) is 7.08. The molecule has 0 saturated carbocycles. The topological polar surface area (TPSA) is 53.7 Å². The maximum Gasteiger partial charge on any atom is 0.161 e. The molecule has 5 heteroatoms. The van der Waals surface area contributed by atoms with Crippen molar-refractivity contribution in [1.82, 2.24) is 0 Å². The Bertz CT molecular complexity index is 797. The summed E-state index contributed by atoms with van der Waals surface area (Å²) in [5.74, 6) is 2.18. The summed E-state index contributed by atoms with van der Waals surface area (Å²) in [7, 11) is 0. The number of rotatable bonds is 8. The van der Waals surface area contributed by atoms with E-state index in [1.807, 2.05) is 25.1 Å². The first kappa shape index (κ1) is 21.0. The van der Waals surface area contributed by atoms with Crippen molar-refractivity contribution in [1.29, 1.82) is 0 Å². The Labute approximate surface area is 167 Å². The fraction of sp³-hybridized carbons (Fsp3) is 0.409. The van der Waals surface area contributed by atoms with Crippen molar-refractivity contribution < 1.29 is 14.2 Å². The standard InChI is InChI=1S/C22H29NO3S/c1-6-24-20-14-16(21(23)27)8-10-19(20)26-12-11-25-18-9-7-15(2)13-17(18)22(3,4)5/h7-10,13-14H,6,11-12H2,1-5H3,(H2,23,27). The number of ether oxygens (including phenoxy) is 3. The largest absolute Gasteiger partial charge is 0.490 e. The maximum absolute atomic E-state index is 6.00. The predicted molar refractivity (Wildman–Crippen MR) is 114 cm³/mol. The Hall–Kier alpha value is -2.27. The molecule has 0 aliphatic rings. The SMILES string of the molecule is CCOc1cc(C(N)=S)ccc1OCCOc1ccc(C)cc1C(C)(C)C. The van der Waals surface area contributed by atoms with Crippen LogP contribution in [0.25, 0.3) is 0 Å². The summed E-state index contributed by atoms with van der Waals surface area (Å²) in [4.78, 5) is 0.333. The molecule has 0 radical (unpaired) electrons. The van der Waals surface area contributed by atoms with Gasteiger partial charge in [0.15, 0.2) is 11.5 Å². The minimum absolute atomic E-state index is 0.0147. The van der Waals surface area contributed by atoms with E-state index < -0.39 is 0 Å². The summed E-state index contributed by atoms with van der Waals surface area (Å²) in [6.07, 6.45) is 0. The average molecular weight is 388 g/mol. The van der Waals surface area contributed by atoms with Gasteiger partial charge in [-0.1, -0.05) is 50.7 Å². The zero-order valence-corrected chi connectivity index (χ0v) is 17.6. The summed E-state index contributed by atoms with van der Waals surface area (Å²) >= 11 is 5.02. The van der Waals surface area contributed by atoms with Crippen molar-refractivity contribution in [2.75, 3.05) is 19.8 Å². The van der Waals surface area contributed by atoms with E-state index in [1.54, 1.807) is 6.07 Å². The highest BCUT2D eigenvalue weighted by Crippen LogP contribution is 2.32. The van der Waals surface area contributed by atoms with Crippen molar-refractivity contribution >= 4 is 17.2 Å². The van der Waals surface area contributed by atoms with Crippen molar-refractivity contribution in [3.8, 4) is 17.2 Å². The molecule has 0 atom stereocenters. The van der Waals surface area contributed by atoms with Gasteiger partial charge >= 0.3 is 0 Å². The van der Waals surface area contributed by atoms with Crippen LogP contribution in [0.1, 0.15) is 44.4 Å². The molecule has 0 saturated heterocycles. The van der Waals surface area contributed by atoms with Gasteiger partial charge in [-0.25, -0.2) is 0 Å². The third-order valence-electron chi connectivity index (χ3n) is 4.07. The van der Waals surface area contributed by atoms with E-state index in [1.165, 1.54) is 11.1 Å². The molecule has 0 aliphatic carbocycles. The Balaban J connectivity index is 2.03. The van der Waals surface area contributed by atoms with Crippen molar-refractivity contribution in [2.45, 2.75) is 40.0 Å². The van der Waals surface area contributed by atoms with Crippen LogP contribution in [-0.4, -0.2) is 24.8 Å². The smallest absolute Gasteiger partial charge is 0.161 e. The van der Waals surface area contributed by atoms with E-state index in [2.05, 4.69) is 39.8 Å². The quantitative estimate of drug-likeness (QED) is 0.522. The Morgan fingerprint density at radius 3 is 2.15 bits per heavy atom. The molecule has 0 unspecified atom stereocenters. The molecule has 0 spiro atoms. The first-order valence-electron chi connectivity index (χ1n) is 9.15. The molecule has 0 aromatic heterocycles. The van der Waals surface area contributed by atoms with Gasteiger partial charge in [-0.2, -0.15) is 0 Å². The maximum atomic E-state index is 6.00. The van der Waals surface area contributed by atoms with E-state index in [9.17, 15) is 0 Å². The minimum Gasteiger partial charge on any atom is -0.490 e. The van der Waals surface area contributed by atoms with E-state index >= 15 is 0 Å². The molecule has 0 bridgehead atoms. The molecule has 2 aromatic carbocycles. The third kappa shape index (κ3) is 5.86. The second kappa shape index (κ2) is 9.09. The molecule has 0 heterocycles. The van der Waals surface area contributed by atoms with Crippen LogP contribution >= 0.6 is 12.2 Å². The molecule has 4 nitrogen and oxygen atoms in total. The van der Waals surface area contributed by atoms with Crippen LogP contribution in [0.3, 0.4) is 0 Å². The van der Waals surface area contributed by atoms with Crippen LogP contribution in [0, 0.1) is 6.92 Å². The number of aryl methyl sites for hydroxylation is 1. The first-order valence-corrected chi connectivity index (χ1v) is 9.56. The van der Waals surface area contributed by atoms with Gasteiger partial charge in [0.05, 0.1) is 6.61 Å². The Morgan fingerprint density at radius 1 is 0.926 bits per heavy atom. The highest BCUT2D eigenvalue weighted by molar-refractivity contribution is 7.80. The number of nitrogens with two attached hydrogens (primary N) is 1. The first-order chi connectivity index (χ1) is 12.7. The lowest BCUT2D eigenvalue weighted by atomic mass is 9.85. The van der Waals surface area contributed by atoms with Crippen LogP contribution < -0.4 is 19.9 Å². The molecule has 0 fully saturated rings. The fourth-order valence-corrected chi connectivity index (χ4v) is 2.83. The second-order valence-electron chi connectivity index (χ2n) is 7.41. The van der Waals surface area contributed by atoms with Gasteiger partial charge in [0.2, 0.25) is 0 Å². The van der Waals surface area contributed by atoms with Gasteiger partial charge in [0.1, 0.15) is 24.0 Å². The van der Waals surface area contributed by atoms with E-state index in [0.29, 0.717) is 36.3 Å². The number of hydrogen-bond acceptors (Lipinski definition) is 4. The summed E-state index contributed by atoms with van der Waals surface area (Å²) in [6, 6.07) is 11.7. The summed E-state index contributed by atoms with van der Waals surface area (Å²) < 4.78 is 17.5. The van der Waals surface area contributed by atoms with Gasteiger partial charge in [0.25, 0.3) is 0 Å². The summed E-state index contributed by atoms with van der Waals surface area (Å²) in [5, 5.41) is 0. The fourth-order valence-electron chi connectivity index (χ4n) is 2.71. The highest BCUT2D eigenvalue weighted by Gasteiger charge is 2.19. The summed E-state index contributed by atoms with van der Waals surface area (Å²) in [6.45, 7) is 11.9. The van der Waals surface area contributed by atoms with Gasteiger partial charge in [-0.15, -0.1) is 0 Å². The van der Waals surface area contributed by atoms with Crippen molar-refractivity contribution in [3.05, 3.63) is 53.1 Å². The van der Waals surface area contributed by atoms with Gasteiger partial charge in [0, 0.05) is 5.56 Å². The molecular formula is C22H29NO3S. The van der Waals surface area contributed by atoms with Crippen LogP contribution in [-0.2, 0) is 5.41 Å². The number of benzene rings is 2.